The highest BCUT2D eigenvalue weighted by atomic mass is 32.1. The molecule has 1 saturated heterocycles. The number of piperazine rings is 1. The van der Waals surface area contributed by atoms with Gasteiger partial charge in [0.1, 0.15) is 0 Å². The topological polar surface area (TPSA) is 73.5 Å². The van der Waals surface area contributed by atoms with Crippen molar-refractivity contribution < 1.29 is 9.59 Å². The number of hydrogen-bond acceptors (Lipinski definition) is 4. The zero-order valence-electron chi connectivity index (χ0n) is 13.4. The molecule has 6 nitrogen and oxygen atoms in total. The van der Waals surface area contributed by atoms with Crippen LogP contribution in [0.1, 0.15) is 33.6 Å². The molecule has 0 aromatic rings. The number of amides is 2. The molecule has 1 atom stereocenters. The second-order valence-corrected chi connectivity index (χ2v) is 6.12. The van der Waals surface area contributed by atoms with E-state index in [4.69, 9.17) is 12.2 Å². The summed E-state index contributed by atoms with van der Waals surface area (Å²) in [6, 6.07) is 0. The number of hydrogen-bond donors (Lipinski definition) is 3. The van der Waals surface area contributed by atoms with Crippen LogP contribution in [0.5, 0.6) is 0 Å². The molecule has 2 amide bonds. The third-order valence-corrected chi connectivity index (χ3v) is 4.68. The lowest BCUT2D eigenvalue weighted by molar-refractivity contribution is -0.124. The summed E-state index contributed by atoms with van der Waals surface area (Å²) in [7, 11) is 0. The number of imide groups is 1. The van der Waals surface area contributed by atoms with Crippen LogP contribution in [-0.2, 0) is 9.59 Å². The van der Waals surface area contributed by atoms with E-state index in [2.05, 4.69) is 27.8 Å². The van der Waals surface area contributed by atoms with E-state index in [0.717, 1.165) is 25.9 Å². The van der Waals surface area contributed by atoms with Crippen LogP contribution in [0, 0.1) is 0 Å². The van der Waals surface area contributed by atoms with E-state index in [1.54, 1.807) is 6.92 Å². The minimum atomic E-state index is -0.563. The first kappa shape index (κ1) is 16.9. The van der Waals surface area contributed by atoms with E-state index in [0.29, 0.717) is 29.3 Å². The first-order valence-electron chi connectivity index (χ1n) is 7.81. The first-order chi connectivity index (χ1) is 10.5. The van der Waals surface area contributed by atoms with Crippen LogP contribution < -0.4 is 16.0 Å². The van der Waals surface area contributed by atoms with Crippen molar-refractivity contribution in [3.05, 3.63) is 11.1 Å². The molecule has 3 N–H and O–H groups in total. The van der Waals surface area contributed by atoms with Crippen LogP contribution in [0.4, 0.5) is 0 Å². The van der Waals surface area contributed by atoms with Crippen molar-refractivity contribution in [2.45, 2.75) is 39.2 Å². The van der Waals surface area contributed by atoms with E-state index >= 15 is 0 Å². The number of thiocarbonyl (C=S) groups is 1. The summed E-state index contributed by atoms with van der Waals surface area (Å²) in [5.41, 5.74) is 0.505. The highest BCUT2D eigenvalue weighted by Crippen LogP contribution is 2.35. The summed E-state index contributed by atoms with van der Waals surface area (Å²) in [6.45, 7) is 8.65. The Hall–Kier alpha value is -1.47. The van der Waals surface area contributed by atoms with E-state index < -0.39 is 5.54 Å². The highest BCUT2D eigenvalue weighted by Gasteiger charge is 2.49. The first-order valence-corrected chi connectivity index (χ1v) is 8.22. The van der Waals surface area contributed by atoms with E-state index in [9.17, 15) is 9.59 Å². The van der Waals surface area contributed by atoms with Gasteiger partial charge in [-0.25, -0.2) is 0 Å². The molecule has 0 aromatic carbocycles. The minimum Gasteiger partial charge on any atom is -0.363 e. The van der Waals surface area contributed by atoms with Crippen molar-refractivity contribution in [1.82, 2.24) is 20.9 Å². The molecule has 0 aromatic heterocycles. The van der Waals surface area contributed by atoms with Gasteiger partial charge in [-0.2, -0.15) is 0 Å². The Labute approximate surface area is 136 Å². The second-order valence-electron chi connectivity index (χ2n) is 5.73. The van der Waals surface area contributed by atoms with Gasteiger partial charge in [-0.15, -0.1) is 0 Å². The quantitative estimate of drug-likeness (QED) is 0.510. The zero-order chi connectivity index (χ0) is 16.3. The molecule has 122 valence electrons. The van der Waals surface area contributed by atoms with Gasteiger partial charge < -0.3 is 15.5 Å². The van der Waals surface area contributed by atoms with Gasteiger partial charge >= 0.3 is 0 Å². The zero-order valence-corrected chi connectivity index (χ0v) is 14.2. The van der Waals surface area contributed by atoms with Crippen LogP contribution in [0.25, 0.3) is 0 Å². The monoisotopic (exact) mass is 324 g/mol. The molecule has 7 heteroatoms. The SMILES string of the molecule is CCCC1(C2=C(C)C(=O)NC2=O)CNCCN1C(=S)NCC. The van der Waals surface area contributed by atoms with Gasteiger partial charge in [0.15, 0.2) is 5.11 Å². The predicted octanol–water partition coefficient (Wildman–Crippen LogP) is 0.298. The Bertz CT molecular complexity index is 528. The number of nitrogens with one attached hydrogen (secondary N) is 3. The van der Waals surface area contributed by atoms with Crippen molar-refractivity contribution >= 4 is 29.1 Å². The maximum atomic E-state index is 12.4. The molecule has 22 heavy (non-hydrogen) atoms. The predicted molar refractivity (Wildman–Crippen MR) is 89.3 cm³/mol. The average molecular weight is 324 g/mol. The lowest BCUT2D eigenvalue weighted by Gasteiger charge is -2.49. The highest BCUT2D eigenvalue weighted by molar-refractivity contribution is 7.80. The van der Waals surface area contributed by atoms with Crippen LogP contribution in [-0.4, -0.2) is 53.5 Å². The van der Waals surface area contributed by atoms with Crippen molar-refractivity contribution in [2.75, 3.05) is 26.2 Å². The number of rotatable bonds is 4. The largest absolute Gasteiger partial charge is 0.363 e. The Morgan fingerprint density at radius 1 is 1.36 bits per heavy atom. The van der Waals surface area contributed by atoms with E-state index in [1.165, 1.54) is 0 Å². The molecule has 0 bridgehead atoms. The van der Waals surface area contributed by atoms with Gasteiger partial charge in [0.25, 0.3) is 11.8 Å². The molecule has 2 aliphatic rings. The average Bonchev–Trinajstić information content (AvgIpc) is 2.73. The molecular weight excluding hydrogens is 300 g/mol. The fourth-order valence-electron chi connectivity index (χ4n) is 3.43. The van der Waals surface area contributed by atoms with Gasteiger partial charge in [0.05, 0.1) is 11.1 Å². The molecule has 2 aliphatic heterocycles. The Morgan fingerprint density at radius 2 is 2.09 bits per heavy atom. The Morgan fingerprint density at radius 3 is 2.64 bits per heavy atom. The van der Waals surface area contributed by atoms with E-state index in [-0.39, 0.29) is 11.8 Å². The van der Waals surface area contributed by atoms with Gasteiger partial charge in [-0.3, -0.25) is 14.9 Å². The van der Waals surface area contributed by atoms with Crippen LogP contribution in [0.2, 0.25) is 0 Å². The smallest absolute Gasteiger partial charge is 0.256 e. The fourth-order valence-corrected chi connectivity index (χ4v) is 3.84. The molecule has 0 aliphatic carbocycles. The maximum Gasteiger partial charge on any atom is 0.256 e. The summed E-state index contributed by atoms with van der Waals surface area (Å²) in [6.07, 6.45) is 1.66. The van der Waals surface area contributed by atoms with Crippen LogP contribution in [0.15, 0.2) is 11.1 Å². The van der Waals surface area contributed by atoms with Gasteiger partial charge in [0.2, 0.25) is 0 Å². The minimum absolute atomic E-state index is 0.288. The summed E-state index contributed by atoms with van der Waals surface area (Å²) in [4.78, 5) is 26.4. The molecule has 2 rings (SSSR count). The Kier molecular flexibility index (Phi) is 5.18. The van der Waals surface area contributed by atoms with E-state index in [1.807, 2.05) is 6.92 Å². The molecular formula is C15H24N4O2S. The molecule has 0 saturated carbocycles. The van der Waals surface area contributed by atoms with Gasteiger partial charge in [-0.1, -0.05) is 13.3 Å². The summed E-state index contributed by atoms with van der Waals surface area (Å²) >= 11 is 5.53. The van der Waals surface area contributed by atoms with Gasteiger partial charge in [-0.05, 0) is 32.5 Å². The van der Waals surface area contributed by atoms with Gasteiger partial charge in [0, 0.05) is 31.8 Å². The third kappa shape index (κ3) is 2.75. The molecule has 1 fully saturated rings. The van der Waals surface area contributed by atoms with Crippen molar-refractivity contribution in [1.29, 1.82) is 0 Å². The fraction of sp³-hybridized carbons (Fsp3) is 0.667. The number of carbonyl (C=O) groups is 2. The number of nitrogens with zero attached hydrogens (tertiary/aromatic N) is 1. The van der Waals surface area contributed by atoms with Crippen molar-refractivity contribution in [2.24, 2.45) is 0 Å². The lowest BCUT2D eigenvalue weighted by atomic mass is 9.80. The molecule has 0 spiro atoms. The molecule has 0 radical (unpaired) electrons. The Balaban J connectivity index is 2.51. The second kappa shape index (κ2) is 6.75. The van der Waals surface area contributed by atoms with Crippen molar-refractivity contribution in [3.63, 3.8) is 0 Å². The summed E-state index contributed by atoms with van der Waals surface area (Å²) < 4.78 is 0. The molecule has 1 unspecified atom stereocenters. The summed E-state index contributed by atoms with van der Waals surface area (Å²) in [5.74, 6) is -0.584. The van der Waals surface area contributed by atoms with Crippen molar-refractivity contribution in [3.8, 4) is 0 Å². The summed E-state index contributed by atoms with van der Waals surface area (Å²) in [5, 5.41) is 9.61. The number of carbonyl (C=O) groups excluding carboxylic acids is 2. The normalized spacial score (nSPS) is 25.5. The lowest BCUT2D eigenvalue weighted by Crippen LogP contribution is -2.66. The third-order valence-electron chi connectivity index (χ3n) is 4.32. The van der Waals surface area contributed by atoms with Crippen LogP contribution >= 0.6 is 12.2 Å². The standard InChI is InChI=1S/C15H24N4O2S/c1-4-6-15(11-10(3)12(20)18-13(11)21)9-16-7-8-19(15)14(22)17-5-2/h16H,4-9H2,1-3H3,(H,17,22)(H,18,20,21). The van der Waals surface area contributed by atoms with Crippen LogP contribution in [0.3, 0.4) is 0 Å². The molecule has 2 heterocycles. The maximum absolute atomic E-state index is 12.4.